The predicted octanol–water partition coefficient (Wildman–Crippen LogP) is 5.08. The van der Waals surface area contributed by atoms with Crippen molar-refractivity contribution in [3.63, 3.8) is 0 Å². The van der Waals surface area contributed by atoms with E-state index >= 15 is 0 Å². The van der Waals surface area contributed by atoms with Crippen molar-refractivity contribution in [3.05, 3.63) is 53.7 Å². The van der Waals surface area contributed by atoms with Crippen molar-refractivity contribution in [1.82, 2.24) is 19.7 Å². The highest BCUT2D eigenvalue weighted by atomic mass is 16.5. The van der Waals surface area contributed by atoms with Gasteiger partial charge in [-0.2, -0.15) is 0 Å². The van der Waals surface area contributed by atoms with E-state index in [0.29, 0.717) is 61.8 Å². The molecule has 3 N–H and O–H groups in total. The Morgan fingerprint density at radius 2 is 1.57 bits per heavy atom. The maximum absolute atomic E-state index is 14.8. The summed E-state index contributed by atoms with van der Waals surface area (Å²) in [5.41, 5.74) is 8.09. The molecular formula is C37H53N5O5. The average Bonchev–Trinajstić information content (AvgIpc) is 3.52. The van der Waals surface area contributed by atoms with E-state index in [-0.39, 0.29) is 18.2 Å². The van der Waals surface area contributed by atoms with Gasteiger partial charge >= 0.3 is 0 Å². The third kappa shape index (κ3) is 7.29. The second-order valence-electron chi connectivity index (χ2n) is 12.9. The van der Waals surface area contributed by atoms with Gasteiger partial charge in [0.15, 0.2) is 17.3 Å². The van der Waals surface area contributed by atoms with Gasteiger partial charge in [-0.15, -0.1) is 0 Å². The molecule has 0 bridgehead atoms. The fourth-order valence-corrected chi connectivity index (χ4v) is 7.47. The molecule has 0 aliphatic carbocycles. The molecule has 1 amide bonds. The Morgan fingerprint density at radius 3 is 2.17 bits per heavy atom. The Balaban J connectivity index is 1.50. The second kappa shape index (κ2) is 15.5. The van der Waals surface area contributed by atoms with Gasteiger partial charge in [-0.05, 0) is 90.2 Å². The van der Waals surface area contributed by atoms with E-state index in [2.05, 4.69) is 14.8 Å². The van der Waals surface area contributed by atoms with Crippen LogP contribution < -0.4 is 19.9 Å². The molecular weight excluding hydrogens is 594 g/mol. The molecule has 2 unspecified atom stereocenters. The lowest BCUT2D eigenvalue weighted by Crippen LogP contribution is -2.67. The molecule has 2 aliphatic rings. The quantitative estimate of drug-likeness (QED) is 0.249. The molecule has 2 saturated heterocycles. The number of carbonyl (C=O) groups excluding carboxylic acids is 2. The summed E-state index contributed by atoms with van der Waals surface area (Å²) in [6.07, 6.45) is 7.45. The summed E-state index contributed by atoms with van der Waals surface area (Å²) in [7, 11) is 1.78. The average molecular weight is 648 g/mol. The van der Waals surface area contributed by atoms with Crippen LogP contribution in [0.4, 0.5) is 0 Å². The Kier molecular flexibility index (Phi) is 11.5. The zero-order valence-corrected chi connectivity index (χ0v) is 28.8. The van der Waals surface area contributed by atoms with E-state index in [1.807, 2.05) is 63.4 Å². The number of ketones is 1. The maximum Gasteiger partial charge on any atom is 0.242 e. The van der Waals surface area contributed by atoms with Crippen molar-refractivity contribution in [1.29, 1.82) is 0 Å². The van der Waals surface area contributed by atoms with Gasteiger partial charge in [0.25, 0.3) is 0 Å². The van der Waals surface area contributed by atoms with Crippen LogP contribution in [-0.2, 0) is 21.7 Å². The van der Waals surface area contributed by atoms with E-state index in [4.69, 9.17) is 19.9 Å². The van der Waals surface area contributed by atoms with Crippen molar-refractivity contribution in [2.24, 2.45) is 5.73 Å². The fourth-order valence-electron chi connectivity index (χ4n) is 7.47. The molecule has 0 radical (unpaired) electrons. The molecule has 47 heavy (non-hydrogen) atoms. The lowest BCUT2D eigenvalue weighted by molar-refractivity contribution is -0.145. The third-order valence-corrected chi connectivity index (χ3v) is 9.82. The summed E-state index contributed by atoms with van der Waals surface area (Å²) in [5.74, 6) is 1.26. The second-order valence-corrected chi connectivity index (χ2v) is 12.9. The molecule has 3 heterocycles. The smallest absolute Gasteiger partial charge is 0.242 e. The summed E-state index contributed by atoms with van der Waals surface area (Å²) in [4.78, 5) is 38.4. The molecule has 0 spiro atoms. The van der Waals surface area contributed by atoms with Crippen LogP contribution in [0.15, 0.2) is 42.6 Å². The largest absolute Gasteiger partial charge is 0.490 e. The van der Waals surface area contributed by atoms with Crippen molar-refractivity contribution in [3.8, 4) is 17.2 Å². The number of likely N-dealkylation sites (N-methyl/N-ethyl adjacent to an activating group) is 1. The number of carbonyl (C=O) groups is 2. The van der Waals surface area contributed by atoms with Gasteiger partial charge in [0.05, 0.1) is 19.8 Å². The number of fused-ring (bicyclic) bond motifs is 1. The molecule has 5 rings (SSSR count). The van der Waals surface area contributed by atoms with Gasteiger partial charge in [-0.1, -0.05) is 24.6 Å². The first-order valence-electron chi connectivity index (χ1n) is 17.4. The molecule has 1 aromatic heterocycles. The van der Waals surface area contributed by atoms with Crippen LogP contribution in [0.1, 0.15) is 70.9 Å². The predicted molar refractivity (Wildman–Crippen MR) is 185 cm³/mol. The maximum atomic E-state index is 14.8. The highest BCUT2D eigenvalue weighted by Crippen LogP contribution is 2.40. The number of ether oxygens (including phenoxy) is 3. The summed E-state index contributed by atoms with van der Waals surface area (Å²) < 4.78 is 17.8. The number of hydrogen-bond donors (Lipinski definition) is 2. The molecule has 10 nitrogen and oxygen atoms in total. The molecule has 256 valence electrons. The number of rotatable bonds is 14. The molecule has 2 atom stereocenters. The minimum atomic E-state index is -1.57. The Hall–Kier alpha value is -3.60. The van der Waals surface area contributed by atoms with Crippen LogP contribution in [-0.4, -0.2) is 96.5 Å². The minimum absolute atomic E-state index is 0.200. The molecule has 2 aromatic carbocycles. The number of likely N-dealkylation sites (tertiary alicyclic amines) is 2. The summed E-state index contributed by atoms with van der Waals surface area (Å²) in [6.45, 7) is 12.6. The van der Waals surface area contributed by atoms with E-state index in [9.17, 15) is 9.59 Å². The van der Waals surface area contributed by atoms with Gasteiger partial charge < -0.3 is 34.7 Å². The Bertz CT molecular complexity index is 1480. The van der Waals surface area contributed by atoms with Gasteiger partial charge in [0.2, 0.25) is 11.7 Å². The Labute approximate surface area is 279 Å². The summed E-state index contributed by atoms with van der Waals surface area (Å²) >= 11 is 0. The van der Waals surface area contributed by atoms with Gasteiger partial charge in [0, 0.05) is 55.4 Å². The first-order chi connectivity index (χ1) is 22.7. The van der Waals surface area contributed by atoms with Crippen molar-refractivity contribution in [2.45, 2.75) is 84.0 Å². The number of aromatic amines is 1. The standard InChI is InChI=1S/C37H53N5O5/c1-6-45-32-22-27(23-33(46-7-2)34(32)47-8-3)25-40(5)36(44)35(42-20-16-28(17-21-42)41-18-12-9-13-19-41)37(38,26(4)43)30-24-39-31-15-11-10-14-29(30)31/h10-11,14-15,22-24,28,35,39H,6-9,12-13,16-21,25,38H2,1-5H3. The van der Waals surface area contributed by atoms with Crippen LogP contribution in [0.3, 0.4) is 0 Å². The number of nitrogens with one attached hydrogen (secondary N) is 1. The zero-order valence-electron chi connectivity index (χ0n) is 28.8. The number of nitrogens with two attached hydrogens (primary N) is 1. The normalized spacial score (nSPS) is 18.4. The van der Waals surface area contributed by atoms with Crippen LogP contribution in [0, 0.1) is 0 Å². The molecule has 3 aromatic rings. The lowest BCUT2D eigenvalue weighted by Gasteiger charge is -2.47. The first kappa shape index (κ1) is 34.7. The number of H-pyrrole nitrogens is 1. The fraction of sp³-hybridized carbons (Fsp3) is 0.568. The van der Waals surface area contributed by atoms with Gasteiger partial charge in [-0.25, -0.2) is 0 Å². The molecule has 2 aliphatic heterocycles. The number of nitrogens with zero attached hydrogens (tertiary/aromatic N) is 3. The zero-order chi connectivity index (χ0) is 33.6. The number of para-hydroxylation sites is 1. The molecule has 2 fully saturated rings. The highest BCUT2D eigenvalue weighted by Gasteiger charge is 2.51. The highest BCUT2D eigenvalue weighted by molar-refractivity contribution is 6.00. The van der Waals surface area contributed by atoms with Gasteiger partial charge in [0.1, 0.15) is 11.6 Å². The van der Waals surface area contributed by atoms with Gasteiger partial charge in [-0.3, -0.25) is 14.5 Å². The van der Waals surface area contributed by atoms with Crippen LogP contribution >= 0.6 is 0 Å². The van der Waals surface area contributed by atoms with Crippen LogP contribution in [0.25, 0.3) is 10.9 Å². The minimum Gasteiger partial charge on any atom is -0.490 e. The van der Waals surface area contributed by atoms with E-state index in [1.54, 1.807) is 11.9 Å². The first-order valence-corrected chi connectivity index (χ1v) is 17.4. The third-order valence-electron chi connectivity index (χ3n) is 9.82. The number of amides is 1. The van der Waals surface area contributed by atoms with Crippen molar-refractivity contribution >= 4 is 22.6 Å². The van der Waals surface area contributed by atoms with Crippen molar-refractivity contribution < 1.29 is 23.8 Å². The van der Waals surface area contributed by atoms with E-state index in [0.717, 1.165) is 42.4 Å². The topological polar surface area (TPSA) is 113 Å². The van der Waals surface area contributed by atoms with Crippen LogP contribution in [0.5, 0.6) is 17.2 Å². The lowest BCUT2D eigenvalue weighted by atomic mass is 9.77. The molecule has 10 heteroatoms. The van der Waals surface area contributed by atoms with E-state index < -0.39 is 11.6 Å². The Morgan fingerprint density at radius 1 is 0.957 bits per heavy atom. The van der Waals surface area contributed by atoms with Crippen molar-refractivity contribution in [2.75, 3.05) is 53.0 Å². The number of benzene rings is 2. The number of aromatic nitrogens is 1. The summed E-state index contributed by atoms with van der Waals surface area (Å²) in [6, 6.07) is 11.2. The number of hydrogen-bond acceptors (Lipinski definition) is 8. The SMILES string of the molecule is CCOc1cc(CN(C)C(=O)C(N2CCC(N3CCCCC3)CC2)C(N)(C(C)=O)c2c[nH]c3ccccc23)cc(OCC)c1OCC. The number of Topliss-reactive ketones (excluding diaryl/α,β-unsaturated/α-hetero) is 1. The van der Waals surface area contributed by atoms with Crippen LogP contribution in [0.2, 0.25) is 0 Å². The molecule has 0 saturated carbocycles. The van der Waals surface area contributed by atoms with E-state index in [1.165, 1.54) is 26.2 Å². The number of piperidine rings is 2. The monoisotopic (exact) mass is 647 g/mol. The summed E-state index contributed by atoms with van der Waals surface area (Å²) in [5, 5.41) is 0.850.